The molecule has 2 aromatic rings. The van der Waals surface area contributed by atoms with Crippen molar-refractivity contribution in [3.8, 4) is 0 Å². The number of ether oxygens (including phenoxy) is 1. The summed E-state index contributed by atoms with van der Waals surface area (Å²) in [5.74, 6) is -0.152. The lowest BCUT2D eigenvalue weighted by atomic mass is 9.93. The van der Waals surface area contributed by atoms with Gasteiger partial charge in [-0.3, -0.25) is 0 Å². The minimum absolute atomic E-state index is 0.152. The van der Waals surface area contributed by atoms with Crippen LogP contribution in [0.3, 0.4) is 0 Å². The van der Waals surface area contributed by atoms with Crippen LogP contribution in [0, 0.1) is 0 Å². The summed E-state index contributed by atoms with van der Waals surface area (Å²) in [6.07, 6.45) is 1.70. The van der Waals surface area contributed by atoms with E-state index in [1.165, 1.54) is 16.3 Å². The van der Waals surface area contributed by atoms with Crippen molar-refractivity contribution in [2.24, 2.45) is 0 Å². The molecule has 0 radical (unpaired) electrons. The quantitative estimate of drug-likeness (QED) is 0.838. The lowest BCUT2D eigenvalue weighted by molar-refractivity contribution is -0.144. The van der Waals surface area contributed by atoms with E-state index in [0.717, 1.165) is 18.5 Å². The maximum atomic E-state index is 11.8. The molecule has 3 heteroatoms. The smallest absolute Gasteiger partial charge is 0.328 e. The number of carbonyl (C=O) groups is 1. The summed E-state index contributed by atoms with van der Waals surface area (Å²) in [5.41, 5.74) is 2.36. The maximum Gasteiger partial charge on any atom is 0.328 e. The number of nitrogens with one attached hydrogen (secondary N) is 1. The third-order valence-corrected chi connectivity index (χ3v) is 3.62. The minimum atomic E-state index is -0.214. The van der Waals surface area contributed by atoms with Gasteiger partial charge in [0.1, 0.15) is 6.04 Å². The first-order valence-corrected chi connectivity index (χ1v) is 6.73. The minimum Gasteiger partial charge on any atom is -0.464 e. The summed E-state index contributed by atoms with van der Waals surface area (Å²) in [5, 5.41) is 5.82. The number of anilines is 1. The van der Waals surface area contributed by atoms with Crippen LogP contribution in [0.15, 0.2) is 36.4 Å². The predicted octanol–water partition coefficient (Wildman–Crippen LogP) is 3.13. The van der Waals surface area contributed by atoms with Crippen LogP contribution in [-0.2, 0) is 16.0 Å². The predicted molar refractivity (Wildman–Crippen MR) is 76.3 cm³/mol. The Kier molecular flexibility index (Phi) is 3.11. The second kappa shape index (κ2) is 4.92. The molecule has 0 fully saturated rings. The van der Waals surface area contributed by atoms with Crippen LogP contribution in [0.2, 0.25) is 0 Å². The van der Waals surface area contributed by atoms with Crippen molar-refractivity contribution in [3.63, 3.8) is 0 Å². The molecule has 0 unspecified atom stereocenters. The number of hydrogen-bond donors (Lipinski definition) is 1. The first-order chi connectivity index (χ1) is 9.29. The highest BCUT2D eigenvalue weighted by Gasteiger charge is 2.25. The average molecular weight is 255 g/mol. The topological polar surface area (TPSA) is 38.3 Å². The monoisotopic (exact) mass is 255 g/mol. The van der Waals surface area contributed by atoms with E-state index in [-0.39, 0.29) is 12.0 Å². The molecule has 1 atom stereocenters. The largest absolute Gasteiger partial charge is 0.464 e. The standard InChI is InChI=1S/C16H17NO2/c1-2-19-16(18)15-10-8-13-12-6-4-3-5-11(12)7-9-14(13)17-15/h3-7,9,15,17H,2,8,10H2,1H3/t15-/m0/s1. The molecule has 3 rings (SSSR count). The van der Waals surface area contributed by atoms with E-state index in [9.17, 15) is 4.79 Å². The van der Waals surface area contributed by atoms with Gasteiger partial charge in [0, 0.05) is 5.69 Å². The van der Waals surface area contributed by atoms with Crippen LogP contribution in [0.25, 0.3) is 10.8 Å². The molecule has 98 valence electrons. The Balaban J connectivity index is 1.94. The van der Waals surface area contributed by atoms with Gasteiger partial charge >= 0.3 is 5.97 Å². The van der Waals surface area contributed by atoms with Gasteiger partial charge in [-0.2, -0.15) is 0 Å². The molecule has 1 heterocycles. The summed E-state index contributed by atoms with van der Waals surface area (Å²) in [7, 11) is 0. The van der Waals surface area contributed by atoms with Crippen LogP contribution in [-0.4, -0.2) is 18.6 Å². The van der Waals surface area contributed by atoms with E-state index in [4.69, 9.17) is 4.74 Å². The van der Waals surface area contributed by atoms with Gasteiger partial charge < -0.3 is 10.1 Å². The number of fused-ring (bicyclic) bond motifs is 3. The zero-order valence-corrected chi connectivity index (χ0v) is 11.0. The molecule has 1 aliphatic rings. The van der Waals surface area contributed by atoms with Crippen molar-refractivity contribution in [1.29, 1.82) is 0 Å². The third-order valence-electron chi connectivity index (χ3n) is 3.62. The van der Waals surface area contributed by atoms with Crippen molar-refractivity contribution in [1.82, 2.24) is 0 Å². The summed E-state index contributed by atoms with van der Waals surface area (Å²) < 4.78 is 5.08. The first-order valence-electron chi connectivity index (χ1n) is 6.73. The van der Waals surface area contributed by atoms with Crippen LogP contribution < -0.4 is 5.32 Å². The highest BCUT2D eigenvalue weighted by Crippen LogP contribution is 2.31. The van der Waals surface area contributed by atoms with E-state index in [1.807, 2.05) is 13.0 Å². The molecule has 0 saturated heterocycles. The molecule has 0 saturated carbocycles. The fourth-order valence-corrected chi connectivity index (χ4v) is 2.71. The summed E-state index contributed by atoms with van der Waals surface area (Å²) in [6.45, 7) is 2.27. The zero-order chi connectivity index (χ0) is 13.2. The Bertz CT molecular complexity index is 621. The molecule has 19 heavy (non-hydrogen) atoms. The zero-order valence-electron chi connectivity index (χ0n) is 11.0. The van der Waals surface area contributed by atoms with Crippen molar-refractivity contribution in [2.75, 3.05) is 11.9 Å². The van der Waals surface area contributed by atoms with Crippen molar-refractivity contribution in [2.45, 2.75) is 25.8 Å². The van der Waals surface area contributed by atoms with Gasteiger partial charge in [-0.05, 0) is 42.2 Å². The molecule has 3 nitrogen and oxygen atoms in total. The molecule has 1 N–H and O–H groups in total. The maximum absolute atomic E-state index is 11.8. The molecular formula is C16H17NO2. The number of aryl methyl sites for hydroxylation is 1. The summed E-state index contributed by atoms with van der Waals surface area (Å²) in [4.78, 5) is 11.8. The fourth-order valence-electron chi connectivity index (χ4n) is 2.71. The molecule has 0 bridgehead atoms. The molecular weight excluding hydrogens is 238 g/mol. The number of benzene rings is 2. The van der Waals surface area contributed by atoms with E-state index in [1.54, 1.807) is 0 Å². The average Bonchev–Trinajstić information content (AvgIpc) is 2.46. The van der Waals surface area contributed by atoms with Crippen LogP contribution in [0.1, 0.15) is 18.9 Å². The SMILES string of the molecule is CCOC(=O)[C@@H]1CCc2c(ccc3ccccc23)N1. The molecule has 0 aliphatic carbocycles. The van der Waals surface area contributed by atoms with E-state index < -0.39 is 0 Å². The van der Waals surface area contributed by atoms with Crippen LogP contribution >= 0.6 is 0 Å². The Morgan fingerprint density at radius 3 is 3.00 bits per heavy atom. The van der Waals surface area contributed by atoms with E-state index in [2.05, 4.69) is 35.6 Å². The van der Waals surface area contributed by atoms with Crippen molar-refractivity contribution >= 4 is 22.4 Å². The van der Waals surface area contributed by atoms with E-state index in [0.29, 0.717) is 6.61 Å². The summed E-state index contributed by atoms with van der Waals surface area (Å²) in [6, 6.07) is 12.3. The van der Waals surface area contributed by atoms with Gasteiger partial charge in [0.25, 0.3) is 0 Å². The van der Waals surface area contributed by atoms with Gasteiger partial charge in [-0.15, -0.1) is 0 Å². The van der Waals surface area contributed by atoms with Gasteiger partial charge in [0.2, 0.25) is 0 Å². The van der Waals surface area contributed by atoms with Crippen molar-refractivity contribution in [3.05, 3.63) is 42.0 Å². The molecule has 1 aliphatic heterocycles. The lowest BCUT2D eigenvalue weighted by Gasteiger charge is -2.26. The lowest BCUT2D eigenvalue weighted by Crippen LogP contribution is -2.35. The van der Waals surface area contributed by atoms with Gasteiger partial charge in [-0.25, -0.2) is 4.79 Å². The molecule has 2 aromatic carbocycles. The fraction of sp³-hybridized carbons (Fsp3) is 0.312. The summed E-state index contributed by atoms with van der Waals surface area (Å²) >= 11 is 0. The van der Waals surface area contributed by atoms with Crippen molar-refractivity contribution < 1.29 is 9.53 Å². The normalized spacial score (nSPS) is 17.6. The third kappa shape index (κ3) is 2.16. The van der Waals surface area contributed by atoms with Gasteiger partial charge in [0.15, 0.2) is 0 Å². The second-order valence-electron chi connectivity index (χ2n) is 4.80. The van der Waals surface area contributed by atoms with Gasteiger partial charge in [0.05, 0.1) is 6.61 Å². The number of hydrogen-bond acceptors (Lipinski definition) is 3. The Morgan fingerprint density at radius 1 is 1.32 bits per heavy atom. The Morgan fingerprint density at radius 2 is 2.16 bits per heavy atom. The number of esters is 1. The molecule has 0 amide bonds. The second-order valence-corrected chi connectivity index (χ2v) is 4.80. The number of rotatable bonds is 2. The molecule has 0 spiro atoms. The highest BCUT2D eigenvalue weighted by atomic mass is 16.5. The van der Waals surface area contributed by atoms with Gasteiger partial charge in [-0.1, -0.05) is 30.3 Å². The first kappa shape index (κ1) is 12.0. The Hall–Kier alpha value is -2.03. The van der Waals surface area contributed by atoms with Crippen LogP contribution in [0.4, 0.5) is 5.69 Å². The highest BCUT2D eigenvalue weighted by molar-refractivity contribution is 5.92. The van der Waals surface area contributed by atoms with Crippen LogP contribution in [0.5, 0.6) is 0 Å². The molecule has 0 aromatic heterocycles. The Labute approximate surface area is 112 Å². The number of carbonyl (C=O) groups excluding carboxylic acids is 1. The van der Waals surface area contributed by atoms with E-state index >= 15 is 0 Å².